The fraction of sp³-hybridized carbons (Fsp3) is 0.652. The van der Waals surface area contributed by atoms with Crippen LogP contribution in [0.3, 0.4) is 0 Å². The molecular formula is C23H33N3O2S. The number of carbonyl (C=O) groups is 2. The van der Waals surface area contributed by atoms with Crippen molar-refractivity contribution in [1.82, 2.24) is 14.8 Å². The molecule has 1 N–H and O–H groups in total. The fourth-order valence-corrected chi connectivity index (χ4v) is 5.87. The Morgan fingerprint density at radius 3 is 2.66 bits per heavy atom. The molecule has 4 rings (SSSR count). The Bertz CT molecular complexity index is 893. The first-order chi connectivity index (χ1) is 14.0. The molecule has 1 saturated carbocycles. The van der Waals surface area contributed by atoms with Crippen molar-refractivity contribution in [2.75, 3.05) is 0 Å². The summed E-state index contributed by atoms with van der Waals surface area (Å²) in [6, 6.07) is 4.28. The summed E-state index contributed by atoms with van der Waals surface area (Å²) in [5.41, 5.74) is 0.894. The largest absolute Gasteiger partial charge is 0.351 e. The van der Waals surface area contributed by atoms with Crippen molar-refractivity contribution in [3.63, 3.8) is 0 Å². The van der Waals surface area contributed by atoms with E-state index in [1.54, 1.807) is 11.3 Å². The number of nitrogens with zero attached hydrogens (tertiary/aromatic N) is 2. The maximum Gasteiger partial charge on any atom is 0.271 e. The highest BCUT2D eigenvalue weighted by atomic mass is 32.1. The van der Waals surface area contributed by atoms with Crippen molar-refractivity contribution in [1.29, 1.82) is 0 Å². The van der Waals surface area contributed by atoms with Crippen LogP contribution in [0.1, 0.15) is 82.6 Å². The number of amides is 2. The van der Waals surface area contributed by atoms with E-state index in [2.05, 4.69) is 35.2 Å². The lowest BCUT2D eigenvalue weighted by Crippen LogP contribution is -2.66. The Balaban J connectivity index is 1.67. The van der Waals surface area contributed by atoms with Crippen molar-refractivity contribution in [3.05, 3.63) is 23.2 Å². The van der Waals surface area contributed by atoms with Gasteiger partial charge in [0, 0.05) is 12.1 Å². The van der Waals surface area contributed by atoms with Gasteiger partial charge in [0.15, 0.2) is 0 Å². The number of nitrogens with one attached hydrogen (secondary N) is 1. The average molecular weight is 416 g/mol. The van der Waals surface area contributed by atoms with Gasteiger partial charge in [-0.15, -0.1) is 11.3 Å². The average Bonchev–Trinajstić information content (AvgIpc) is 3.26. The third-order valence-corrected chi connectivity index (χ3v) is 7.77. The van der Waals surface area contributed by atoms with Crippen LogP contribution in [0, 0.1) is 0 Å². The third-order valence-electron chi connectivity index (χ3n) is 6.92. The summed E-state index contributed by atoms with van der Waals surface area (Å²) in [6.45, 7) is 6.60. The van der Waals surface area contributed by atoms with Crippen LogP contribution in [0.2, 0.25) is 0 Å². The van der Waals surface area contributed by atoms with Crippen LogP contribution in [0.4, 0.5) is 0 Å². The smallest absolute Gasteiger partial charge is 0.271 e. The Kier molecular flexibility index (Phi) is 5.74. The summed E-state index contributed by atoms with van der Waals surface area (Å²) >= 11 is 1.65. The first-order valence-electron chi connectivity index (χ1n) is 11.2. The van der Waals surface area contributed by atoms with Gasteiger partial charge >= 0.3 is 0 Å². The van der Waals surface area contributed by atoms with Crippen molar-refractivity contribution < 1.29 is 9.59 Å². The van der Waals surface area contributed by atoms with Gasteiger partial charge in [0.1, 0.15) is 11.2 Å². The van der Waals surface area contributed by atoms with Crippen LogP contribution < -0.4 is 5.32 Å². The number of hydrogen-bond donors (Lipinski definition) is 1. The zero-order valence-corrected chi connectivity index (χ0v) is 18.7. The van der Waals surface area contributed by atoms with Gasteiger partial charge in [-0.3, -0.25) is 9.59 Å². The highest BCUT2D eigenvalue weighted by molar-refractivity contribution is 7.17. The second-order valence-corrected chi connectivity index (χ2v) is 9.96. The van der Waals surface area contributed by atoms with Gasteiger partial charge in [0.25, 0.3) is 5.91 Å². The van der Waals surface area contributed by atoms with E-state index < -0.39 is 5.54 Å². The van der Waals surface area contributed by atoms with E-state index in [4.69, 9.17) is 0 Å². The molecule has 2 amide bonds. The Morgan fingerprint density at radius 2 is 1.97 bits per heavy atom. The van der Waals surface area contributed by atoms with E-state index in [0.29, 0.717) is 12.2 Å². The van der Waals surface area contributed by atoms with E-state index in [-0.39, 0.29) is 23.9 Å². The Hall–Kier alpha value is -1.82. The number of rotatable bonds is 4. The highest BCUT2D eigenvalue weighted by Crippen LogP contribution is 2.36. The first-order valence-corrected chi connectivity index (χ1v) is 12.0. The quantitative estimate of drug-likeness (QED) is 0.768. The molecule has 3 heterocycles. The van der Waals surface area contributed by atoms with Crippen molar-refractivity contribution in [2.45, 2.75) is 96.3 Å². The second-order valence-electron chi connectivity index (χ2n) is 9.01. The van der Waals surface area contributed by atoms with Crippen LogP contribution >= 0.6 is 11.3 Å². The van der Waals surface area contributed by atoms with Gasteiger partial charge in [-0.25, -0.2) is 0 Å². The molecule has 2 aromatic rings. The summed E-state index contributed by atoms with van der Waals surface area (Å²) < 4.78 is 3.17. The summed E-state index contributed by atoms with van der Waals surface area (Å²) in [5.74, 6) is -0.0243. The van der Waals surface area contributed by atoms with E-state index in [0.717, 1.165) is 29.5 Å². The van der Waals surface area contributed by atoms with Crippen LogP contribution in [0.15, 0.2) is 17.5 Å². The number of hydrogen-bond acceptors (Lipinski definition) is 3. The van der Waals surface area contributed by atoms with E-state index in [1.165, 1.54) is 32.1 Å². The van der Waals surface area contributed by atoms with Crippen LogP contribution in [0.5, 0.6) is 0 Å². The predicted octanol–water partition coefficient (Wildman–Crippen LogP) is 4.94. The zero-order chi connectivity index (χ0) is 20.6. The molecule has 1 aliphatic heterocycles. The molecule has 5 nitrogen and oxygen atoms in total. The summed E-state index contributed by atoms with van der Waals surface area (Å²) in [6.07, 6.45) is 9.08. The van der Waals surface area contributed by atoms with Gasteiger partial charge in [-0.05, 0) is 50.6 Å². The van der Waals surface area contributed by atoms with E-state index >= 15 is 0 Å². The molecule has 0 spiro atoms. The Labute approximate surface area is 177 Å². The lowest BCUT2D eigenvalue weighted by molar-refractivity contribution is -0.135. The first kappa shape index (κ1) is 20.5. The topological polar surface area (TPSA) is 54.3 Å². The standard InChI is InChI=1S/C23H33N3O2S/c1-4-16(2)26-21(27)19-14-20-18(12-13-29-20)25(19)15-23(26,3)22(28)24-17-10-8-6-5-7-9-11-17/h12-14,16-17H,4-11,15H2,1-3H3,(H,24,28)/t16-,23-/m1/s1. The highest BCUT2D eigenvalue weighted by Gasteiger charge is 2.49. The van der Waals surface area contributed by atoms with Crippen molar-refractivity contribution in [3.8, 4) is 0 Å². The molecule has 1 fully saturated rings. The van der Waals surface area contributed by atoms with Crippen LogP contribution in [-0.2, 0) is 11.3 Å². The van der Waals surface area contributed by atoms with Gasteiger partial charge < -0.3 is 14.8 Å². The SMILES string of the molecule is CC[C@@H](C)N1C(=O)c2cc3sccc3n2C[C@]1(C)C(=O)NC1CCCCCCC1. The minimum atomic E-state index is -0.879. The van der Waals surface area contributed by atoms with Crippen LogP contribution in [-0.4, -0.2) is 38.9 Å². The van der Waals surface area contributed by atoms with Gasteiger partial charge in [-0.1, -0.05) is 39.0 Å². The van der Waals surface area contributed by atoms with E-state index in [9.17, 15) is 9.59 Å². The maximum atomic E-state index is 13.7. The minimum Gasteiger partial charge on any atom is -0.351 e. The molecule has 1 aliphatic carbocycles. The summed E-state index contributed by atoms with van der Waals surface area (Å²) in [7, 11) is 0. The number of aromatic nitrogens is 1. The molecule has 0 saturated heterocycles. The maximum absolute atomic E-state index is 13.7. The molecule has 0 radical (unpaired) electrons. The zero-order valence-electron chi connectivity index (χ0n) is 17.9. The molecule has 2 atom stereocenters. The molecule has 0 unspecified atom stereocenters. The predicted molar refractivity (Wildman–Crippen MR) is 118 cm³/mol. The fourth-order valence-electron chi connectivity index (χ4n) is 5.05. The molecule has 0 aromatic carbocycles. The van der Waals surface area contributed by atoms with Gasteiger partial charge in [0.05, 0.1) is 16.8 Å². The molecule has 0 bridgehead atoms. The monoisotopic (exact) mass is 415 g/mol. The minimum absolute atomic E-state index is 0.000506. The molecule has 158 valence electrons. The van der Waals surface area contributed by atoms with Gasteiger partial charge in [-0.2, -0.15) is 0 Å². The summed E-state index contributed by atoms with van der Waals surface area (Å²) in [4.78, 5) is 29.0. The Morgan fingerprint density at radius 1 is 1.28 bits per heavy atom. The van der Waals surface area contributed by atoms with Crippen molar-refractivity contribution in [2.24, 2.45) is 0 Å². The normalized spacial score (nSPS) is 24.8. The lowest BCUT2D eigenvalue weighted by Gasteiger charge is -2.47. The second kappa shape index (κ2) is 8.13. The molecule has 2 aliphatic rings. The molecular weight excluding hydrogens is 382 g/mol. The summed E-state index contributed by atoms with van der Waals surface area (Å²) in [5, 5.41) is 5.40. The third kappa shape index (κ3) is 3.60. The number of thiophene rings is 1. The number of fused-ring (bicyclic) bond motifs is 3. The van der Waals surface area contributed by atoms with Gasteiger partial charge in [0.2, 0.25) is 5.91 Å². The molecule has 6 heteroatoms. The van der Waals surface area contributed by atoms with Crippen LogP contribution in [0.25, 0.3) is 10.2 Å². The molecule has 29 heavy (non-hydrogen) atoms. The molecule has 2 aromatic heterocycles. The lowest BCUT2D eigenvalue weighted by atomic mass is 9.90. The number of carbonyl (C=O) groups excluding carboxylic acids is 2. The van der Waals surface area contributed by atoms with E-state index in [1.807, 2.05) is 17.9 Å². The van der Waals surface area contributed by atoms with Crippen molar-refractivity contribution >= 4 is 33.4 Å².